The van der Waals surface area contributed by atoms with Crippen LogP contribution in [0.4, 0.5) is 0 Å². The fourth-order valence-corrected chi connectivity index (χ4v) is 2.58. The predicted molar refractivity (Wildman–Crippen MR) is 62.8 cm³/mol. The van der Waals surface area contributed by atoms with Crippen molar-refractivity contribution < 1.29 is 14.9 Å². The van der Waals surface area contributed by atoms with Gasteiger partial charge in [0, 0.05) is 13.3 Å². The van der Waals surface area contributed by atoms with E-state index in [0.717, 1.165) is 5.57 Å². The van der Waals surface area contributed by atoms with Crippen molar-refractivity contribution in [1.82, 2.24) is 4.57 Å². The molecule has 0 saturated carbocycles. The van der Waals surface area contributed by atoms with Crippen LogP contribution in [0.5, 0.6) is 17.5 Å². The zero-order chi connectivity index (χ0) is 12.4. The second-order valence-electron chi connectivity index (χ2n) is 4.80. The van der Waals surface area contributed by atoms with Crippen molar-refractivity contribution in [1.29, 1.82) is 0 Å². The minimum Gasteiger partial charge on any atom is -0.494 e. The van der Waals surface area contributed by atoms with Crippen LogP contribution in [0.2, 0.25) is 0 Å². The lowest BCUT2D eigenvalue weighted by molar-refractivity contribution is 0.135. The topological polar surface area (TPSA) is 67.0 Å². The van der Waals surface area contributed by atoms with E-state index in [0.29, 0.717) is 11.3 Å². The summed E-state index contributed by atoms with van der Waals surface area (Å²) in [6, 6.07) is -0.298. The summed E-state index contributed by atoms with van der Waals surface area (Å²) < 4.78 is 7.08. The van der Waals surface area contributed by atoms with Gasteiger partial charge in [-0.3, -0.25) is 9.56 Å². The maximum absolute atomic E-state index is 9.99. The number of fused-ring (bicyclic) bond motifs is 3. The monoisotopic (exact) mass is 234 g/mol. The first-order valence-electron chi connectivity index (χ1n) is 5.46. The molecule has 0 aliphatic carbocycles. The Morgan fingerprint density at radius 3 is 2.82 bits per heavy atom. The molecule has 5 nitrogen and oxygen atoms in total. The van der Waals surface area contributed by atoms with Gasteiger partial charge < -0.3 is 14.9 Å². The summed E-state index contributed by atoms with van der Waals surface area (Å²) in [4.78, 5) is 4.40. The minimum atomic E-state index is -0.618. The number of allylic oxidation sites excluding steroid dienone is 1. The average molecular weight is 234 g/mol. The summed E-state index contributed by atoms with van der Waals surface area (Å²) in [5.41, 5.74) is 0.956. The Balaban J connectivity index is 2.21. The molecular weight excluding hydrogens is 220 g/mol. The lowest BCUT2D eigenvalue weighted by Gasteiger charge is -2.28. The van der Waals surface area contributed by atoms with Crippen LogP contribution in [0.1, 0.15) is 25.5 Å². The molecule has 0 radical (unpaired) electrons. The van der Waals surface area contributed by atoms with Gasteiger partial charge in [-0.1, -0.05) is 0 Å². The Morgan fingerprint density at radius 2 is 2.12 bits per heavy atom. The van der Waals surface area contributed by atoms with Gasteiger partial charge in [-0.15, -0.1) is 0 Å². The van der Waals surface area contributed by atoms with Crippen LogP contribution in [0.3, 0.4) is 0 Å². The molecule has 3 rings (SSSR count). The fourth-order valence-electron chi connectivity index (χ4n) is 2.58. The molecule has 5 heteroatoms. The number of aromatic hydroxyl groups is 2. The fraction of sp³-hybridized carbons (Fsp3) is 0.417. The first-order valence-corrected chi connectivity index (χ1v) is 5.46. The molecule has 17 heavy (non-hydrogen) atoms. The van der Waals surface area contributed by atoms with Crippen LogP contribution < -0.4 is 4.74 Å². The molecule has 2 aliphatic heterocycles. The van der Waals surface area contributed by atoms with Crippen molar-refractivity contribution in [3.8, 4) is 17.5 Å². The van der Waals surface area contributed by atoms with Crippen molar-refractivity contribution in [3.63, 3.8) is 0 Å². The van der Waals surface area contributed by atoms with Crippen molar-refractivity contribution in [2.24, 2.45) is 12.0 Å². The molecule has 2 N–H and O–H groups in total. The Kier molecular flexibility index (Phi) is 1.72. The third-order valence-electron chi connectivity index (χ3n) is 3.40. The van der Waals surface area contributed by atoms with Gasteiger partial charge in [-0.2, -0.15) is 0 Å². The smallest absolute Gasteiger partial charge is 0.237 e. The van der Waals surface area contributed by atoms with Crippen LogP contribution in [0.15, 0.2) is 16.6 Å². The quantitative estimate of drug-likeness (QED) is 0.717. The van der Waals surface area contributed by atoms with Gasteiger partial charge >= 0.3 is 0 Å². The summed E-state index contributed by atoms with van der Waals surface area (Å²) >= 11 is 0. The number of aliphatic imine (C=N–C) groups is 1. The summed E-state index contributed by atoms with van der Waals surface area (Å²) in [6.07, 6.45) is 3.72. The summed E-state index contributed by atoms with van der Waals surface area (Å²) in [5, 5.41) is 19.9. The third kappa shape index (κ3) is 1.11. The van der Waals surface area contributed by atoms with E-state index < -0.39 is 5.60 Å². The molecule has 2 atom stereocenters. The Labute approximate surface area is 98.7 Å². The summed E-state index contributed by atoms with van der Waals surface area (Å²) in [5.74, 6) is 0.284. The van der Waals surface area contributed by atoms with Crippen molar-refractivity contribution >= 4 is 6.21 Å². The van der Waals surface area contributed by atoms with Crippen LogP contribution in [-0.2, 0) is 7.05 Å². The highest BCUT2D eigenvalue weighted by Crippen LogP contribution is 2.56. The standard InChI is InChI=1S/C12H14N2O3/c1-6-4-12(2)9(13-5-6)7-8(17-12)11(16)14(3)10(7)15/h4-5,9,15-16H,1-3H3/t9-,12-/m0/s1. The average Bonchev–Trinajstić information content (AvgIpc) is 2.66. The molecule has 0 fully saturated rings. The number of hydrogen-bond acceptors (Lipinski definition) is 4. The van der Waals surface area contributed by atoms with E-state index in [-0.39, 0.29) is 17.8 Å². The van der Waals surface area contributed by atoms with Gasteiger partial charge in [-0.25, -0.2) is 0 Å². The second kappa shape index (κ2) is 2.85. The van der Waals surface area contributed by atoms with Gasteiger partial charge in [0.2, 0.25) is 11.8 Å². The van der Waals surface area contributed by atoms with E-state index >= 15 is 0 Å². The first kappa shape index (κ1) is 10.3. The molecule has 0 bridgehead atoms. The van der Waals surface area contributed by atoms with E-state index in [2.05, 4.69) is 4.99 Å². The number of ether oxygens (including phenoxy) is 1. The molecule has 1 aromatic rings. The summed E-state index contributed by atoms with van der Waals surface area (Å²) in [6.45, 7) is 3.84. The van der Waals surface area contributed by atoms with Crippen LogP contribution in [0.25, 0.3) is 0 Å². The zero-order valence-electron chi connectivity index (χ0n) is 9.93. The molecule has 3 heterocycles. The van der Waals surface area contributed by atoms with Crippen molar-refractivity contribution in [2.75, 3.05) is 0 Å². The van der Waals surface area contributed by atoms with Gasteiger partial charge in [-0.05, 0) is 25.5 Å². The lowest BCUT2D eigenvalue weighted by atomic mass is 9.90. The number of aromatic nitrogens is 1. The van der Waals surface area contributed by atoms with Crippen LogP contribution in [-0.4, -0.2) is 26.6 Å². The van der Waals surface area contributed by atoms with Crippen LogP contribution >= 0.6 is 0 Å². The molecule has 2 aliphatic rings. The van der Waals surface area contributed by atoms with Gasteiger partial charge in [0.15, 0.2) is 11.4 Å². The number of hydrogen-bond donors (Lipinski definition) is 2. The lowest BCUT2D eigenvalue weighted by Crippen LogP contribution is -2.34. The van der Waals surface area contributed by atoms with Crippen molar-refractivity contribution in [3.05, 3.63) is 17.2 Å². The molecule has 0 amide bonds. The zero-order valence-corrected chi connectivity index (χ0v) is 9.93. The first-order chi connectivity index (χ1) is 7.94. The molecule has 1 aromatic heterocycles. The van der Waals surface area contributed by atoms with E-state index in [1.807, 2.05) is 19.9 Å². The molecular formula is C12H14N2O3. The highest BCUT2D eigenvalue weighted by atomic mass is 16.5. The van der Waals surface area contributed by atoms with E-state index in [4.69, 9.17) is 4.74 Å². The third-order valence-corrected chi connectivity index (χ3v) is 3.40. The minimum absolute atomic E-state index is 0.0105. The van der Waals surface area contributed by atoms with E-state index in [1.165, 1.54) is 4.57 Å². The highest BCUT2D eigenvalue weighted by molar-refractivity contribution is 5.80. The van der Waals surface area contributed by atoms with Gasteiger partial charge in [0.1, 0.15) is 6.04 Å². The Hall–Kier alpha value is -1.91. The molecule has 0 aromatic carbocycles. The molecule has 0 unspecified atom stereocenters. The van der Waals surface area contributed by atoms with Gasteiger partial charge in [0.25, 0.3) is 0 Å². The Bertz CT molecular complexity index is 571. The normalized spacial score (nSPS) is 29.6. The van der Waals surface area contributed by atoms with Crippen molar-refractivity contribution in [2.45, 2.75) is 25.5 Å². The van der Waals surface area contributed by atoms with Crippen LogP contribution in [0, 0.1) is 0 Å². The number of nitrogens with zero attached hydrogens (tertiary/aromatic N) is 2. The van der Waals surface area contributed by atoms with Gasteiger partial charge in [0.05, 0.1) is 5.56 Å². The van der Waals surface area contributed by atoms with E-state index in [1.54, 1.807) is 13.3 Å². The largest absolute Gasteiger partial charge is 0.494 e. The molecule has 0 saturated heterocycles. The number of dihydropyridines is 1. The number of rotatable bonds is 0. The second-order valence-corrected chi connectivity index (χ2v) is 4.80. The highest BCUT2D eigenvalue weighted by Gasteiger charge is 2.49. The Morgan fingerprint density at radius 1 is 1.41 bits per heavy atom. The summed E-state index contributed by atoms with van der Waals surface area (Å²) in [7, 11) is 1.58. The molecule has 0 spiro atoms. The molecule has 90 valence electrons. The van der Waals surface area contributed by atoms with E-state index in [9.17, 15) is 10.2 Å². The SMILES string of the molecule is CC1=C[C@]2(C)Oc3c(c(O)n(C)c3O)[C@@H]2N=C1. The maximum atomic E-state index is 9.99. The predicted octanol–water partition coefficient (Wildman–Crippen LogP) is 1.66. The maximum Gasteiger partial charge on any atom is 0.237 e.